The van der Waals surface area contributed by atoms with Crippen LogP contribution in [0.5, 0.6) is 0 Å². The third-order valence-electron chi connectivity index (χ3n) is 4.61. The lowest BCUT2D eigenvalue weighted by Crippen LogP contribution is -2.45. The van der Waals surface area contributed by atoms with Crippen molar-refractivity contribution in [3.8, 4) is 0 Å². The van der Waals surface area contributed by atoms with Gasteiger partial charge in [0.25, 0.3) is 0 Å². The Morgan fingerprint density at radius 2 is 1.96 bits per heavy atom. The second-order valence-electron chi connectivity index (χ2n) is 6.83. The molecule has 2 aromatic rings. The second kappa shape index (κ2) is 6.75. The van der Waals surface area contributed by atoms with E-state index in [-0.39, 0.29) is 11.4 Å². The molecule has 1 aliphatic heterocycles. The molecule has 3 rings (SSSR count). The fraction of sp³-hybridized carbons (Fsp3) is 0.286. The van der Waals surface area contributed by atoms with E-state index in [1.54, 1.807) is 12.3 Å². The summed E-state index contributed by atoms with van der Waals surface area (Å²) in [6.07, 6.45) is 3.84. The van der Waals surface area contributed by atoms with E-state index >= 15 is 0 Å². The highest BCUT2D eigenvalue weighted by Crippen LogP contribution is 2.39. The molecule has 0 radical (unpaired) electrons. The molecule has 25 heavy (non-hydrogen) atoms. The first-order valence-corrected chi connectivity index (χ1v) is 9.22. The van der Waals surface area contributed by atoms with Crippen molar-refractivity contribution in [1.82, 2.24) is 0 Å². The molecule has 2 nitrogen and oxygen atoms in total. The predicted molar refractivity (Wildman–Crippen MR) is 109 cm³/mol. The van der Waals surface area contributed by atoms with E-state index in [0.29, 0.717) is 5.56 Å². The number of hydrogen-bond donors (Lipinski definition) is 0. The van der Waals surface area contributed by atoms with Crippen LogP contribution in [0, 0.1) is 5.82 Å². The molecule has 0 unspecified atom stereocenters. The van der Waals surface area contributed by atoms with Crippen LogP contribution >= 0.6 is 15.9 Å². The van der Waals surface area contributed by atoms with E-state index in [0.717, 1.165) is 28.0 Å². The Hall–Kier alpha value is -1.94. The summed E-state index contributed by atoms with van der Waals surface area (Å²) in [7, 11) is 0. The fourth-order valence-electron chi connectivity index (χ4n) is 3.49. The van der Waals surface area contributed by atoms with Gasteiger partial charge in [-0.05, 0) is 73.5 Å². The summed E-state index contributed by atoms with van der Waals surface area (Å²) in [5, 5.41) is 0. The van der Waals surface area contributed by atoms with Crippen LogP contribution in [0.2, 0.25) is 0 Å². The van der Waals surface area contributed by atoms with Crippen molar-refractivity contribution in [3.63, 3.8) is 0 Å². The lowest BCUT2D eigenvalue weighted by atomic mass is 9.88. The number of nitrogens with zero attached hydrogens (tertiary/aromatic N) is 2. The first kappa shape index (κ1) is 17.9. The Bertz CT molecular complexity index is 868. The SMILES string of the molecule is CCN1c2cc(F)c(C=Nc3ccccc3Br)cc2C(C)=CC1(C)C. The average Bonchev–Trinajstić information content (AvgIpc) is 2.54. The van der Waals surface area contributed by atoms with Gasteiger partial charge in [-0.15, -0.1) is 0 Å². The molecule has 0 bridgehead atoms. The number of para-hydroxylation sites is 1. The number of anilines is 1. The molecule has 0 spiro atoms. The highest BCUT2D eigenvalue weighted by Gasteiger charge is 2.30. The maximum absolute atomic E-state index is 14.7. The van der Waals surface area contributed by atoms with E-state index in [2.05, 4.69) is 59.6 Å². The molecule has 4 heteroatoms. The van der Waals surface area contributed by atoms with Gasteiger partial charge >= 0.3 is 0 Å². The predicted octanol–water partition coefficient (Wildman–Crippen LogP) is 6.36. The molecule has 0 N–H and O–H groups in total. The van der Waals surface area contributed by atoms with E-state index in [1.165, 1.54) is 5.57 Å². The molecule has 0 atom stereocenters. The Balaban J connectivity index is 2.05. The number of fused-ring (bicyclic) bond motifs is 1. The Morgan fingerprint density at radius 3 is 2.64 bits per heavy atom. The van der Waals surface area contributed by atoms with Crippen molar-refractivity contribution in [3.05, 3.63) is 63.9 Å². The zero-order valence-electron chi connectivity index (χ0n) is 15.0. The Labute approximate surface area is 157 Å². The van der Waals surface area contributed by atoms with Gasteiger partial charge in [-0.2, -0.15) is 0 Å². The van der Waals surface area contributed by atoms with Crippen molar-refractivity contribution in [2.45, 2.75) is 33.2 Å². The summed E-state index contributed by atoms with van der Waals surface area (Å²) in [5.41, 5.74) is 4.34. The minimum atomic E-state index is -0.251. The van der Waals surface area contributed by atoms with Crippen LogP contribution in [-0.2, 0) is 0 Å². The van der Waals surface area contributed by atoms with E-state index < -0.39 is 0 Å². The first-order valence-electron chi connectivity index (χ1n) is 8.43. The molecule has 0 saturated carbocycles. The van der Waals surface area contributed by atoms with Crippen LogP contribution in [-0.4, -0.2) is 18.3 Å². The minimum absolute atomic E-state index is 0.122. The van der Waals surface area contributed by atoms with E-state index in [4.69, 9.17) is 0 Å². The summed E-state index contributed by atoms with van der Waals surface area (Å²) in [6, 6.07) is 11.2. The standard InChI is InChI=1S/C21H22BrFN2/c1-5-25-20-11-18(23)15(10-16(20)14(2)12-21(25,3)4)13-24-19-9-7-6-8-17(19)22/h6-13H,5H2,1-4H3. The Morgan fingerprint density at radius 1 is 1.24 bits per heavy atom. The lowest BCUT2D eigenvalue weighted by Gasteiger charge is -2.42. The van der Waals surface area contributed by atoms with Gasteiger partial charge in [-0.1, -0.05) is 18.2 Å². The summed E-state index contributed by atoms with van der Waals surface area (Å²) in [4.78, 5) is 6.66. The van der Waals surface area contributed by atoms with Gasteiger partial charge in [0.05, 0.1) is 11.2 Å². The topological polar surface area (TPSA) is 15.6 Å². The number of rotatable bonds is 3. The van der Waals surface area contributed by atoms with Gasteiger partial charge in [-0.25, -0.2) is 4.39 Å². The molecule has 0 aromatic heterocycles. The maximum atomic E-state index is 14.7. The van der Waals surface area contributed by atoms with Crippen molar-refractivity contribution in [1.29, 1.82) is 0 Å². The lowest BCUT2D eigenvalue weighted by molar-refractivity contribution is 0.561. The van der Waals surface area contributed by atoms with E-state index in [1.807, 2.05) is 30.3 Å². The minimum Gasteiger partial charge on any atom is -0.363 e. The van der Waals surface area contributed by atoms with Crippen molar-refractivity contribution in [2.75, 3.05) is 11.4 Å². The van der Waals surface area contributed by atoms with Gasteiger partial charge < -0.3 is 4.90 Å². The van der Waals surface area contributed by atoms with Crippen molar-refractivity contribution < 1.29 is 4.39 Å². The van der Waals surface area contributed by atoms with Gasteiger partial charge in [0, 0.05) is 34.0 Å². The smallest absolute Gasteiger partial charge is 0.134 e. The summed E-state index contributed by atoms with van der Waals surface area (Å²) < 4.78 is 15.6. The molecule has 130 valence electrons. The van der Waals surface area contributed by atoms with Crippen molar-refractivity contribution >= 4 is 39.1 Å². The molecule has 0 aliphatic carbocycles. The van der Waals surface area contributed by atoms with Crippen LogP contribution < -0.4 is 4.90 Å². The maximum Gasteiger partial charge on any atom is 0.134 e. The summed E-state index contributed by atoms with van der Waals surface area (Å²) >= 11 is 3.46. The zero-order chi connectivity index (χ0) is 18.2. The first-order chi connectivity index (χ1) is 11.8. The van der Waals surface area contributed by atoms with Crippen LogP contribution in [0.4, 0.5) is 15.8 Å². The van der Waals surface area contributed by atoms with Gasteiger partial charge in [-0.3, -0.25) is 4.99 Å². The molecular formula is C21H22BrFN2. The number of halogens is 2. The van der Waals surface area contributed by atoms with Crippen molar-refractivity contribution in [2.24, 2.45) is 4.99 Å². The van der Waals surface area contributed by atoms with Crippen LogP contribution in [0.25, 0.3) is 5.57 Å². The fourth-order valence-corrected chi connectivity index (χ4v) is 3.87. The van der Waals surface area contributed by atoms with Gasteiger partial charge in [0.1, 0.15) is 5.82 Å². The molecular weight excluding hydrogens is 379 g/mol. The van der Waals surface area contributed by atoms with Gasteiger partial charge in [0.15, 0.2) is 0 Å². The average molecular weight is 401 g/mol. The summed E-state index contributed by atoms with van der Waals surface area (Å²) in [6.45, 7) is 9.32. The van der Waals surface area contributed by atoms with Crippen LogP contribution in [0.15, 0.2) is 51.9 Å². The molecule has 0 saturated heterocycles. The number of aliphatic imine (C=N–C) groups is 1. The number of benzene rings is 2. The Kier molecular flexibility index (Phi) is 4.83. The van der Waals surface area contributed by atoms with Gasteiger partial charge in [0.2, 0.25) is 0 Å². The second-order valence-corrected chi connectivity index (χ2v) is 7.68. The number of allylic oxidation sites excluding steroid dienone is 1. The molecule has 1 heterocycles. The quantitative estimate of drug-likeness (QED) is 0.547. The zero-order valence-corrected chi connectivity index (χ0v) is 16.6. The van der Waals surface area contributed by atoms with Crippen LogP contribution in [0.3, 0.4) is 0 Å². The highest BCUT2D eigenvalue weighted by atomic mass is 79.9. The monoisotopic (exact) mass is 400 g/mol. The molecule has 2 aromatic carbocycles. The number of likely N-dealkylation sites (N-methyl/N-ethyl adjacent to an activating group) is 1. The molecule has 1 aliphatic rings. The normalized spacial score (nSPS) is 16.1. The highest BCUT2D eigenvalue weighted by molar-refractivity contribution is 9.10. The molecule has 0 amide bonds. The third-order valence-corrected chi connectivity index (χ3v) is 5.28. The molecule has 0 fully saturated rings. The third kappa shape index (κ3) is 3.40. The van der Waals surface area contributed by atoms with Crippen LogP contribution in [0.1, 0.15) is 38.8 Å². The van der Waals surface area contributed by atoms with E-state index in [9.17, 15) is 4.39 Å². The summed E-state index contributed by atoms with van der Waals surface area (Å²) in [5.74, 6) is -0.251. The largest absolute Gasteiger partial charge is 0.363 e. The number of hydrogen-bond acceptors (Lipinski definition) is 2.